The smallest absolute Gasteiger partial charge is 0.0792 e. The summed E-state index contributed by atoms with van der Waals surface area (Å²) in [6.45, 7) is 0. The third kappa shape index (κ3) is 1.26. The average molecular weight is 182 g/mol. The molecule has 1 heterocycles. The molecule has 3 heteroatoms. The van der Waals surface area contributed by atoms with Gasteiger partial charge in [-0.25, -0.2) is 4.21 Å². The van der Waals surface area contributed by atoms with Crippen LogP contribution < -0.4 is 0 Å². The largest absolute Gasteiger partial charge is 0.250 e. The summed E-state index contributed by atoms with van der Waals surface area (Å²) in [7, 11) is -0.917. The Morgan fingerprint density at radius 2 is 2.09 bits per heavy atom. The van der Waals surface area contributed by atoms with Gasteiger partial charge in [0.25, 0.3) is 0 Å². The van der Waals surface area contributed by atoms with Gasteiger partial charge in [-0.1, -0.05) is 23.9 Å². The first-order chi connectivity index (χ1) is 5.38. The van der Waals surface area contributed by atoms with Crippen LogP contribution in [-0.2, 0) is 10.8 Å². The Bertz CT molecular complexity index is 331. The molecule has 0 fully saturated rings. The van der Waals surface area contributed by atoms with Crippen molar-refractivity contribution in [3.05, 3.63) is 35.1 Å². The molecule has 1 aromatic rings. The van der Waals surface area contributed by atoms with Gasteiger partial charge in [-0.15, -0.1) is 0 Å². The summed E-state index contributed by atoms with van der Waals surface area (Å²) in [6, 6.07) is 7.77. The number of benzene rings is 1. The van der Waals surface area contributed by atoms with Gasteiger partial charge in [-0.3, -0.25) is 0 Å². The van der Waals surface area contributed by atoms with Crippen molar-refractivity contribution in [2.24, 2.45) is 0 Å². The summed E-state index contributed by atoms with van der Waals surface area (Å²) in [4.78, 5) is 2.04. The van der Waals surface area contributed by atoms with Crippen molar-refractivity contribution >= 4 is 22.6 Å². The summed E-state index contributed by atoms with van der Waals surface area (Å²) in [5.41, 5.74) is 0. The van der Waals surface area contributed by atoms with E-state index in [0.29, 0.717) is 0 Å². The molecule has 0 aromatic heterocycles. The first-order valence-corrected chi connectivity index (χ1v) is 5.30. The summed E-state index contributed by atoms with van der Waals surface area (Å²) >= 11 is 1.62. The lowest BCUT2D eigenvalue weighted by molar-refractivity contribution is 0.687. The average Bonchev–Trinajstić information content (AvgIpc) is 2.06. The van der Waals surface area contributed by atoms with Crippen LogP contribution in [0.5, 0.6) is 0 Å². The maximum atomic E-state index is 11.3. The monoisotopic (exact) mass is 182 g/mol. The number of rotatable bonds is 0. The maximum Gasteiger partial charge on any atom is 0.0792 e. The fraction of sp³-hybridized carbons (Fsp3) is 0. The molecule has 1 aliphatic heterocycles. The van der Waals surface area contributed by atoms with E-state index >= 15 is 0 Å². The SMILES string of the molecule is O=[S@@]1C=CSc2ccccc21. The molecule has 56 valence electrons. The Morgan fingerprint density at radius 3 is 2.91 bits per heavy atom. The zero-order valence-corrected chi connectivity index (χ0v) is 7.32. The molecule has 0 unspecified atom stereocenters. The second kappa shape index (κ2) is 2.83. The normalized spacial score (nSPS) is 21.3. The fourth-order valence-electron chi connectivity index (χ4n) is 0.939. The van der Waals surface area contributed by atoms with Crippen LogP contribution >= 0.6 is 11.8 Å². The summed E-state index contributed by atoms with van der Waals surface area (Å²) < 4.78 is 11.3. The molecule has 11 heavy (non-hydrogen) atoms. The molecule has 0 saturated carbocycles. The molecule has 0 N–H and O–H groups in total. The molecule has 0 aliphatic carbocycles. The van der Waals surface area contributed by atoms with Crippen molar-refractivity contribution in [2.75, 3.05) is 0 Å². The number of hydrogen-bond donors (Lipinski definition) is 0. The number of hydrogen-bond acceptors (Lipinski definition) is 2. The number of thioether (sulfide) groups is 1. The fourth-order valence-corrected chi connectivity index (χ4v) is 3.07. The van der Waals surface area contributed by atoms with Gasteiger partial charge in [-0.2, -0.15) is 0 Å². The van der Waals surface area contributed by atoms with E-state index < -0.39 is 10.8 Å². The van der Waals surface area contributed by atoms with Gasteiger partial charge in [0.2, 0.25) is 0 Å². The highest BCUT2D eigenvalue weighted by Gasteiger charge is 2.09. The highest BCUT2D eigenvalue weighted by atomic mass is 32.2. The lowest BCUT2D eigenvalue weighted by Gasteiger charge is -2.07. The minimum absolute atomic E-state index is 0.917. The Morgan fingerprint density at radius 1 is 1.27 bits per heavy atom. The van der Waals surface area contributed by atoms with Crippen molar-refractivity contribution < 1.29 is 4.21 Å². The van der Waals surface area contributed by atoms with Crippen LogP contribution in [0.2, 0.25) is 0 Å². The van der Waals surface area contributed by atoms with E-state index in [1.807, 2.05) is 29.7 Å². The molecule has 1 aliphatic rings. The Kier molecular flexibility index (Phi) is 1.84. The quantitative estimate of drug-likeness (QED) is 0.612. The molecular weight excluding hydrogens is 176 g/mol. The Balaban J connectivity index is 2.59. The highest BCUT2D eigenvalue weighted by Crippen LogP contribution is 2.30. The third-order valence-electron chi connectivity index (χ3n) is 1.44. The molecule has 0 spiro atoms. The van der Waals surface area contributed by atoms with Gasteiger partial charge in [0.15, 0.2) is 0 Å². The van der Waals surface area contributed by atoms with Crippen LogP contribution in [0.1, 0.15) is 0 Å². The zero-order chi connectivity index (χ0) is 7.68. The number of fused-ring (bicyclic) bond motifs is 1. The van der Waals surface area contributed by atoms with Gasteiger partial charge < -0.3 is 0 Å². The van der Waals surface area contributed by atoms with Crippen LogP contribution in [0, 0.1) is 0 Å². The standard InChI is InChI=1S/C8H6OS2/c9-11-6-5-10-7-3-1-2-4-8(7)11/h1-6H/t11-/m1/s1. The minimum atomic E-state index is -0.917. The van der Waals surface area contributed by atoms with E-state index in [4.69, 9.17) is 0 Å². The van der Waals surface area contributed by atoms with Crippen molar-refractivity contribution in [1.82, 2.24) is 0 Å². The summed E-state index contributed by atoms with van der Waals surface area (Å²) in [6.07, 6.45) is 0. The van der Waals surface area contributed by atoms with E-state index in [9.17, 15) is 4.21 Å². The first kappa shape index (κ1) is 7.13. The Hall–Kier alpha value is -0.540. The van der Waals surface area contributed by atoms with Crippen molar-refractivity contribution in [1.29, 1.82) is 0 Å². The predicted octanol–water partition coefficient (Wildman–Crippen LogP) is 2.37. The predicted molar refractivity (Wildman–Crippen MR) is 47.8 cm³/mol. The van der Waals surface area contributed by atoms with Crippen LogP contribution in [0.4, 0.5) is 0 Å². The lowest BCUT2D eigenvalue weighted by Crippen LogP contribution is -1.91. The zero-order valence-electron chi connectivity index (χ0n) is 5.69. The van der Waals surface area contributed by atoms with Gasteiger partial charge in [-0.05, 0) is 17.5 Å². The van der Waals surface area contributed by atoms with Gasteiger partial charge >= 0.3 is 0 Å². The summed E-state index contributed by atoms with van der Waals surface area (Å²) in [5, 5.41) is 3.59. The van der Waals surface area contributed by atoms with E-state index in [1.165, 1.54) is 0 Å². The van der Waals surface area contributed by atoms with E-state index in [1.54, 1.807) is 17.2 Å². The topological polar surface area (TPSA) is 17.1 Å². The van der Waals surface area contributed by atoms with Crippen molar-refractivity contribution in [3.8, 4) is 0 Å². The van der Waals surface area contributed by atoms with Crippen LogP contribution in [0.3, 0.4) is 0 Å². The molecule has 0 bridgehead atoms. The van der Waals surface area contributed by atoms with Crippen molar-refractivity contribution in [2.45, 2.75) is 9.79 Å². The third-order valence-corrected chi connectivity index (χ3v) is 3.80. The molecule has 0 radical (unpaired) electrons. The second-order valence-electron chi connectivity index (χ2n) is 2.13. The van der Waals surface area contributed by atoms with Crippen molar-refractivity contribution in [3.63, 3.8) is 0 Å². The second-order valence-corrected chi connectivity index (χ2v) is 4.39. The van der Waals surface area contributed by atoms with Gasteiger partial charge in [0, 0.05) is 10.3 Å². The molecular formula is C8H6OS2. The first-order valence-electron chi connectivity index (χ1n) is 3.21. The van der Waals surface area contributed by atoms with Crippen LogP contribution in [0.15, 0.2) is 44.9 Å². The highest BCUT2D eigenvalue weighted by molar-refractivity contribution is 8.04. The van der Waals surface area contributed by atoms with E-state index in [-0.39, 0.29) is 0 Å². The Labute approximate surface area is 72.0 Å². The lowest BCUT2D eigenvalue weighted by atomic mass is 10.4. The minimum Gasteiger partial charge on any atom is -0.250 e. The molecule has 2 rings (SSSR count). The maximum absolute atomic E-state index is 11.3. The molecule has 1 nitrogen and oxygen atoms in total. The van der Waals surface area contributed by atoms with Crippen LogP contribution in [0.25, 0.3) is 0 Å². The van der Waals surface area contributed by atoms with Crippen LogP contribution in [-0.4, -0.2) is 4.21 Å². The van der Waals surface area contributed by atoms with E-state index in [0.717, 1.165) is 9.79 Å². The van der Waals surface area contributed by atoms with Gasteiger partial charge in [0.1, 0.15) is 0 Å². The molecule has 0 amide bonds. The van der Waals surface area contributed by atoms with Gasteiger partial charge in [0.05, 0.1) is 15.7 Å². The van der Waals surface area contributed by atoms with E-state index in [2.05, 4.69) is 0 Å². The molecule has 1 atom stereocenters. The molecule has 0 saturated heterocycles. The summed E-state index contributed by atoms with van der Waals surface area (Å²) in [5.74, 6) is 0. The molecule has 1 aromatic carbocycles.